The van der Waals surface area contributed by atoms with Crippen molar-refractivity contribution in [3.63, 3.8) is 0 Å². The Balaban J connectivity index is 2.63. The Kier molecular flexibility index (Phi) is 3.00. The van der Waals surface area contributed by atoms with Gasteiger partial charge >= 0.3 is 5.97 Å². The van der Waals surface area contributed by atoms with Gasteiger partial charge in [-0.2, -0.15) is 0 Å². The number of carboxylic acid groups (broad SMARTS) is 1. The third-order valence-corrected chi connectivity index (χ3v) is 3.17. The van der Waals surface area contributed by atoms with Crippen LogP contribution >= 0.6 is 15.9 Å². The van der Waals surface area contributed by atoms with Crippen LogP contribution in [0.15, 0.2) is 21.1 Å². The number of hydrogen-bond donors (Lipinski definition) is 3. The van der Waals surface area contributed by atoms with Gasteiger partial charge in [-0.15, -0.1) is 0 Å². The number of nitrogens with zero attached hydrogens (tertiary/aromatic N) is 1. The molecule has 0 amide bonds. The molecule has 0 fully saturated rings. The molecule has 0 spiro atoms. The van der Waals surface area contributed by atoms with E-state index in [2.05, 4.69) is 21.1 Å². The molecule has 0 atom stereocenters. The minimum Gasteiger partial charge on any atom is -0.504 e. The monoisotopic (exact) mass is 313 g/mol. The lowest BCUT2D eigenvalue weighted by molar-refractivity contribution is 0.0686. The fourth-order valence-corrected chi connectivity index (χ4v) is 2.26. The average Bonchev–Trinajstić information content (AvgIpc) is 2.75. The van der Waals surface area contributed by atoms with Gasteiger partial charge in [-0.1, -0.05) is 5.16 Å². The molecule has 0 aliphatic carbocycles. The summed E-state index contributed by atoms with van der Waals surface area (Å²) in [4.78, 5) is 10.7. The van der Waals surface area contributed by atoms with E-state index in [4.69, 9.17) is 9.63 Å². The van der Waals surface area contributed by atoms with E-state index in [0.717, 1.165) is 0 Å². The Morgan fingerprint density at radius 2 is 2.06 bits per heavy atom. The molecule has 0 aliphatic heterocycles. The van der Waals surface area contributed by atoms with Crippen molar-refractivity contribution in [1.29, 1.82) is 0 Å². The zero-order valence-electron chi connectivity index (χ0n) is 9.14. The van der Waals surface area contributed by atoms with Crippen LogP contribution in [0, 0.1) is 6.92 Å². The summed E-state index contributed by atoms with van der Waals surface area (Å²) in [5.74, 6) is -1.64. The SMILES string of the molecule is Cc1cc(O)c(O)c(Br)c1-c1cc(C(=O)O)no1. The zero-order valence-corrected chi connectivity index (χ0v) is 10.7. The van der Waals surface area contributed by atoms with Gasteiger partial charge in [0.05, 0.1) is 4.47 Å². The van der Waals surface area contributed by atoms with Gasteiger partial charge in [0.25, 0.3) is 0 Å². The topological polar surface area (TPSA) is 104 Å². The molecule has 6 nitrogen and oxygen atoms in total. The van der Waals surface area contributed by atoms with Crippen molar-refractivity contribution < 1.29 is 24.6 Å². The molecule has 0 saturated carbocycles. The van der Waals surface area contributed by atoms with Gasteiger partial charge in [0.15, 0.2) is 23.0 Å². The van der Waals surface area contributed by atoms with E-state index in [9.17, 15) is 15.0 Å². The fraction of sp³-hybridized carbons (Fsp3) is 0.0909. The number of aryl methyl sites for hydroxylation is 1. The number of aromatic nitrogens is 1. The highest BCUT2D eigenvalue weighted by molar-refractivity contribution is 9.10. The molecule has 3 N–H and O–H groups in total. The molecular formula is C11H8BrNO5. The first-order valence-corrected chi connectivity index (χ1v) is 5.62. The third kappa shape index (κ3) is 1.92. The van der Waals surface area contributed by atoms with Gasteiger partial charge in [0, 0.05) is 11.6 Å². The second-order valence-electron chi connectivity index (χ2n) is 3.63. The van der Waals surface area contributed by atoms with Crippen LogP contribution < -0.4 is 0 Å². The number of phenolic OH excluding ortho intramolecular Hbond substituents is 2. The normalized spacial score (nSPS) is 10.6. The maximum absolute atomic E-state index is 10.7. The Hall–Kier alpha value is -2.02. The summed E-state index contributed by atoms with van der Waals surface area (Å²) in [6.07, 6.45) is 0. The summed E-state index contributed by atoms with van der Waals surface area (Å²) in [5, 5.41) is 31.2. The molecule has 2 rings (SSSR count). The summed E-state index contributed by atoms with van der Waals surface area (Å²) < 4.78 is 5.13. The fourth-order valence-electron chi connectivity index (χ4n) is 1.55. The Morgan fingerprint density at radius 3 is 2.61 bits per heavy atom. The minimum atomic E-state index is -1.21. The second kappa shape index (κ2) is 4.34. The van der Waals surface area contributed by atoms with Crippen LogP contribution in [-0.2, 0) is 0 Å². The summed E-state index contributed by atoms with van der Waals surface area (Å²) in [7, 11) is 0. The molecule has 0 unspecified atom stereocenters. The van der Waals surface area contributed by atoms with E-state index >= 15 is 0 Å². The van der Waals surface area contributed by atoms with Crippen LogP contribution in [0.3, 0.4) is 0 Å². The minimum absolute atomic E-state index is 0.187. The molecule has 1 aromatic heterocycles. The van der Waals surface area contributed by atoms with E-state index in [0.29, 0.717) is 11.1 Å². The molecule has 0 saturated heterocycles. The standard InChI is InChI=1S/C11H8BrNO5/c1-4-2-6(14)10(15)9(12)8(4)7-3-5(11(16)17)13-18-7/h2-3,14-15H,1H3,(H,16,17). The predicted molar refractivity (Wildman–Crippen MR) is 64.7 cm³/mol. The highest BCUT2D eigenvalue weighted by Crippen LogP contribution is 2.43. The number of phenols is 2. The molecule has 2 aromatic rings. The number of aromatic carboxylic acids is 1. The lowest BCUT2D eigenvalue weighted by Crippen LogP contribution is -1.94. The molecule has 7 heteroatoms. The lowest BCUT2D eigenvalue weighted by atomic mass is 10.1. The molecule has 0 radical (unpaired) electrons. The van der Waals surface area contributed by atoms with Crippen molar-refractivity contribution in [3.8, 4) is 22.8 Å². The van der Waals surface area contributed by atoms with Gasteiger partial charge in [-0.05, 0) is 34.5 Å². The maximum atomic E-state index is 10.7. The largest absolute Gasteiger partial charge is 0.504 e. The molecule has 18 heavy (non-hydrogen) atoms. The average molecular weight is 314 g/mol. The van der Waals surface area contributed by atoms with Gasteiger partial charge in [0.1, 0.15) is 0 Å². The van der Waals surface area contributed by atoms with Crippen LogP contribution in [0.2, 0.25) is 0 Å². The number of aromatic hydroxyl groups is 2. The van der Waals surface area contributed by atoms with Gasteiger partial charge in [-0.3, -0.25) is 0 Å². The van der Waals surface area contributed by atoms with Crippen molar-refractivity contribution in [2.45, 2.75) is 6.92 Å². The zero-order chi connectivity index (χ0) is 13.4. The molecule has 94 valence electrons. The van der Waals surface area contributed by atoms with Crippen molar-refractivity contribution in [2.75, 3.05) is 0 Å². The smallest absolute Gasteiger partial charge is 0.358 e. The van der Waals surface area contributed by atoms with Crippen LogP contribution in [0.1, 0.15) is 16.1 Å². The van der Waals surface area contributed by atoms with Crippen LogP contribution in [0.25, 0.3) is 11.3 Å². The third-order valence-electron chi connectivity index (χ3n) is 2.39. The van der Waals surface area contributed by atoms with Crippen molar-refractivity contribution in [2.24, 2.45) is 0 Å². The van der Waals surface area contributed by atoms with Crippen LogP contribution in [0.5, 0.6) is 11.5 Å². The van der Waals surface area contributed by atoms with Gasteiger partial charge < -0.3 is 19.8 Å². The highest BCUT2D eigenvalue weighted by atomic mass is 79.9. The number of halogens is 1. The molecule has 0 aliphatic rings. The van der Waals surface area contributed by atoms with Gasteiger partial charge in [0.2, 0.25) is 0 Å². The van der Waals surface area contributed by atoms with Crippen LogP contribution in [-0.4, -0.2) is 26.4 Å². The van der Waals surface area contributed by atoms with E-state index in [1.165, 1.54) is 12.1 Å². The molecule has 1 aromatic carbocycles. The van der Waals surface area contributed by atoms with Crippen LogP contribution in [0.4, 0.5) is 0 Å². The van der Waals surface area contributed by atoms with E-state index in [-0.39, 0.29) is 27.4 Å². The van der Waals surface area contributed by atoms with Crippen molar-refractivity contribution in [3.05, 3.63) is 27.9 Å². The second-order valence-corrected chi connectivity index (χ2v) is 4.42. The summed E-state index contributed by atoms with van der Waals surface area (Å²) in [6, 6.07) is 2.59. The first-order chi connectivity index (χ1) is 8.41. The quantitative estimate of drug-likeness (QED) is 0.736. The summed E-state index contributed by atoms with van der Waals surface area (Å²) in [6.45, 7) is 1.68. The number of carbonyl (C=O) groups is 1. The maximum Gasteiger partial charge on any atom is 0.358 e. The Bertz CT molecular complexity index is 635. The summed E-state index contributed by atoms with van der Waals surface area (Å²) in [5.41, 5.74) is 0.805. The molecular weight excluding hydrogens is 306 g/mol. The van der Waals surface area contributed by atoms with E-state index in [1.54, 1.807) is 6.92 Å². The highest BCUT2D eigenvalue weighted by Gasteiger charge is 2.20. The van der Waals surface area contributed by atoms with Crippen molar-refractivity contribution >= 4 is 21.9 Å². The van der Waals surface area contributed by atoms with E-state index in [1.807, 2.05) is 0 Å². The first-order valence-electron chi connectivity index (χ1n) is 4.83. The van der Waals surface area contributed by atoms with Gasteiger partial charge in [-0.25, -0.2) is 4.79 Å². The number of carboxylic acids is 1. The Morgan fingerprint density at radius 1 is 1.39 bits per heavy atom. The predicted octanol–water partition coefficient (Wildman–Crippen LogP) is 2.52. The van der Waals surface area contributed by atoms with Crippen molar-refractivity contribution in [1.82, 2.24) is 5.16 Å². The number of rotatable bonds is 2. The lowest BCUT2D eigenvalue weighted by Gasteiger charge is -2.08. The number of hydrogen-bond acceptors (Lipinski definition) is 5. The molecule has 0 bridgehead atoms. The Labute approximate surface area is 110 Å². The van der Waals surface area contributed by atoms with E-state index < -0.39 is 5.97 Å². The molecule has 1 heterocycles. The first kappa shape index (κ1) is 12.4. The number of benzene rings is 1. The summed E-state index contributed by atoms with van der Waals surface area (Å²) >= 11 is 3.12.